The molecule has 8 nitrogen and oxygen atoms in total. The van der Waals surface area contributed by atoms with E-state index in [0.29, 0.717) is 12.6 Å². The minimum atomic E-state index is -0.263. The Morgan fingerprint density at radius 2 is 2.30 bits per heavy atom. The first-order valence-electron chi connectivity index (χ1n) is 6.78. The summed E-state index contributed by atoms with van der Waals surface area (Å²) < 4.78 is 5.39. The monoisotopic (exact) mass is 280 g/mol. The summed E-state index contributed by atoms with van der Waals surface area (Å²) in [6.07, 6.45) is 2.54. The van der Waals surface area contributed by atoms with E-state index in [4.69, 9.17) is 10.5 Å². The van der Waals surface area contributed by atoms with Crippen LogP contribution in [0, 0.1) is 0 Å². The number of nitrogen functional groups attached to an aromatic ring is 1. The highest BCUT2D eigenvalue weighted by Gasteiger charge is 2.32. The maximum atomic E-state index is 11.9. The highest BCUT2D eigenvalue weighted by molar-refractivity contribution is 5.85. The Balaban J connectivity index is 2.22. The third-order valence-electron chi connectivity index (χ3n) is 3.11. The van der Waals surface area contributed by atoms with E-state index in [1.807, 2.05) is 11.8 Å². The van der Waals surface area contributed by atoms with Crippen LogP contribution in [0.15, 0.2) is 0 Å². The van der Waals surface area contributed by atoms with Gasteiger partial charge in [-0.3, -0.25) is 4.79 Å². The van der Waals surface area contributed by atoms with Gasteiger partial charge in [-0.1, -0.05) is 6.92 Å². The molecule has 110 valence electrons. The Morgan fingerprint density at radius 1 is 1.50 bits per heavy atom. The van der Waals surface area contributed by atoms with Gasteiger partial charge in [0.1, 0.15) is 6.04 Å². The number of nitrogens with one attached hydrogen (secondary N) is 1. The van der Waals surface area contributed by atoms with Crippen molar-refractivity contribution in [3.63, 3.8) is 0 Å². The Hall–Kier alpha value is -2.12. The predicted molar refractivity (Wildman–Crippen MR) is 74.5 cm³/mol. The van der Waals surface area contributed by atoms with Gasteiger partial charge in [0.15, 0.2) is 0 Å². The van der Waals surface area contributed by atoms with Gasteiger partial charge >= 0.3 is 6.01 Å². The smallest absolute Gasteiger partial charge is 0.323 e. The fourth-order valence-corrected chi connectivity index (χ4v) is 2.19. The van der Waals surface area contributed by atoms with Crippen molar-refractivity contribution in [3.8, 4) is 6.01 Å². The van der Waals surface area contributed by atoms with Crippen LogP contribution < -0.4 is 20.7 Å². The zero-order valence-corrected chi connectivity index (χ0v) is 11.8. The maximum absolute atomic E-state index is 11.9. The van der Waals surface area contributed by atoms with Crippen LogP contribution in [0.1, 0.15) is 26.2 Å². The molecule has 1 atom stereocenters. The van der Waals surface area contributed by atoms with E-state index < -0.39 is 0 Å². The third-order valence-corrected chi connectivity index (χ3v) is 3.11. The van der Waals surface area contributed by atoms with Crippen molar-refractivity contribution in [2.75, 3.05) is 30.8 Å². The molecule has 3 N–H and O–H groups in total. The van der Waals surface area contributed by atoms with Crippen LogP contribution in [0.2, 0.25) is 0 Å². The molecule has 2 rings (SSSR count). The number of aromatic nitrogens is 3. The minimum absolute atomic E-state index is 0.0440. The lowest BCUT2D eigenvalue weighted by Gasteiger charge is -2.23. The van der Waals surface area contributed by atoms with Crippen LogP contribution in [0.25, 0.3) is 0 Å². The van der Waals surface area contributed by atoms with E-state index in [0.717, 1.165) is 25.8 Å². The molecule has 2 heterocycles. The molecule has 1 aliphatic rings. The molecular weight excluding hydrogens is 260 g/mol. The van der Waals surface area contributed by atoms with Crippen molar-refractivity contribution < 1.29 is 9.53 Å². The zero-order valence-electron chi connectivity index (χ0n) is 11.8. The second kappa shape index (κ2) is 6.36. The van der Waals surface area contributed by atoms with Gasteiger partial charge in [0.05, 0.1) is 6.61 Å². The second-order valence-electron chi connectivity index (χ2n) is 4.59. The Kier molecular flexibility index (Phi) is 4.54. The molecule has 0 aliphatic carbocycles. The predicted octanol–water partition coefficient (Wildman–Crippen LogP) is -0.0426. The number of carbonyl (C=O) groups excluding carboxylic acids is 1. The summed E-state index contributed by atoms with van der Waals surface area (Å²) in [5.74, 6) is 0.455. The van der Waals surface area contributed by atoms with Crippen molar-refractivity contribution in [2.24, 2.45) is 0 Å². The van der Waals surface area contributed by atoms with Crippen LogP contribution in [-0.4, -0.2) is 47.1 Å². The molecule has 1 amide bonds. The second-order valence-corrected chi connectivity index (χ2v) is 4.59. The third kappa shape index (κ3) is 3.06. The Bertz CT molecular complexity index is 481. The van der Waals surface area contributed by atoms with E-state index in [-0.39, 0.29) is 23.9 Å². The summed E-state index contributed by atoms with van der Waals surface area (Å²) in [6.45, 7) is 3.23. The number of nitrogens with two attached hydrogens (primary N) is 1. The summed E-state index contributed by atoms with van der Waals surface area (Å²) in [7, 11) is 1.62. The molecule has 1 unspecified atom stereocenters. The summed E-state index contributed by atoms with van der Waals surface area (Å²) in [6, 6.07) is -0.0577. The lowest BCUT2D eigenvalue weighted by molar-refractivity contribution is -0.121. The fourth-order valence-electron chi connectivity index (χ4n) is 2.19. The standard InChI is InChI=1S/C12H20N6O2/c1-3-7-20-12-16-10(13)15-11(17-12)18-6-4-5-8(18)9(19)14-2/h8H,3-7H2,1-2H3,(H,14,19)(H2,13,15,16,17). The van der Waals surface area contributed by atoms with Crippen LogP contribution in [0.5, 0.6) is 6.01 Å². The van der Waals surface area contributed by atoms with Crippen molar-refractivity contribution in [1.82, 2.24) is 20.3 Å². The number of carbonyl (C=O) groups is 1. The van der Waals surface area contributed by atoms with Crippen molar-refractivity contribution in [1.29, 1.82) is 0 Å². The molecule has 1 fully saturated rings. The first-order chi connectivity index (χ1) is 9.65. The molecule has 8 heteroatoms. The number of hydrogen-bond acceptors (Lipinski definition) is 7. The van der Waals surface area contributed by atoms with E-state index in [2.05, 4.69) is 20.3 Å². The Labute approximate surface area is 117 Å². The molecule has 1 saturated heterocycles. The lowest BCUT2D eigenvalue weighted by Crippen LogP contribution is -2.42. The molecule has 1 aliphatic heterocycles. The van der Waals surface area contributed by atoms with Gasteiger partial charge in [0.2, 0.25) is 17.8 Å². The SMILES string of the molecule is CCCOc1nc(N)nc(N2CCCC2C(=O)NC)n1. The van der Waals surface area contributed by atoms with Gasteiger partial charge in [-0.25, -0.2) is 0 Å². The number of likely N-dealkylation sites (N-methyl/N-ethyl adjacent to an activating group) is 1. The number of rotatable bonds is 5. The largest absolute Gasteiger partial charge is 0.463 e. The van der Waals surface area contributed by atoms with Crippen LogP contribution in [0.3, 0.4) is 0 Å². The van der Waals surface area contributed by atoms with Gasteiger partial charge in [-0.15, -0.1) is 0 Å². The molecule has 0 spiro atoms. The highest BCUT2D eigenvalue weighted by Crippen LogP contribution is 2.24. The number of amides is 1. The van der Waals surface area contributed by atoms with Gasteiger partial charge in [0, 0.05) is 13.6 Å². The molecule has 1 aromatic heterocycles. The molecule has 20 heavy (non-hydrogen) atoms. The zero-order chi connectivity index (χ0) is 14.5. The normalized spacial score (nSPS) is 18.1. The van der Waals surface area contributed by atoms with Crippen LogP contribution in [-0.2, 0) is 4.79 Å². The average molecular weight is 280 g/mol. The summed E-state index contributed by atoms with van der Waals surface area (Å²) >= 11 is 0. The Morgan fingerprint density at radius 3 is 3.00 bits per heavy atom. The van der Waals surface area contributed by atoms with E-state index in [1.165, 1.54) is 0 Å². The number of nitrogens with zero attached hydrogens (tertiary/aromatic N) is 4. The molecular formula is C12H20N6O2. The number of anilines is 2. The van der Waals surface area contributed by atoms with E-state index >= 15 is 0 Å². The molecule has 0 aromatic carbocycles. The molecule has 1 aromatic rings. The summed E-state index contributed by atoms with van der Waals surface area (Å²) in [4.78, 5) is 26.0. The van der Waals surface area contributed by atoms with Gasteiger partial charge in [-0.05, 0) is 19.3 Å². The molecule has 0 saturated carbocycles. The van der Waals surface area contributed by atoms with Crippen LogP contribution in [0.4, 0.5) is 11.9 Å². The quantitative estimate of drug-likeness (QED) is 0.779. The van der Waals surface area contributed by atoms with E-state index in [1.54, 1.807) is 7.05 Å². The first-order valence-corrected chi connectivity index (χ1v) is 6.78. The number of hydrogen-bond donors (Lipinski definition) is 2. The van der Waals surface area contributed by atoms with Gasteiger partial charge in [-0.2, -0.15) is 15.0 Å². The van der Waals surface area contributed by atoms with Gasteiger partial charge in [0.25, 0.3) is 0 Å². The van der Waals surface area contributed by atoms with E-state index in [9.17, 15) is 4.79 Å². The average Bonchev–Trinajstić information content (AvgIpc) is 2.93. The fraction of sp³-hybridized carbons (Fsp3) is 0.667. The lowest BCUT2D eigenvalue weighted by atomic mass is 10.2. The highest BCUT2D eigenvalue weighted by atomic mass is 16.5. The topological polar surface area (TPSA) is 106 Å². The number of ether oxygens (including phenoxy) is 1. The van der Waals surface area contributed by atoms with Crippen LogP contribution >= 0.6 is 0 Å². The van der Waals surface area contributed by atoms with Crippen molar-refractivity contribution in [2.45, 2.75) is 32.2 Å². The maximum Gasteiger partial charge on any atom is 0.323 e. The molecule has 0 radical (unpaired) electrons. The van der Waals surface area contributed by atoms with Crippen molar-refractivity contribution in [3.05, 3.63) is 0 Å². The summed E-state index contributed by atoms with van der Waals surface area (Å²) in [5, 5.41) is 2.66. The minimum Gasteiger partial charge on any atom is -0.463 e. The van der Waals surface area contributed by atoms with Gasteiger partial charge < -0.3 is 20.7 Å². The molecule has 0 bridgehead atoms. The summed E-state index contributed by atoms with van der Waals surface area (Å²) in [5.41, 5.74) is 5.68. The van der Waals surface area contributed by atoms with Crippen molar-refractivity contribution >= 4 is 17.8 Å². The first kappa shape index (κ1) is 14.3.